The van der Waals surface area contributed by atoms with Crippen LogP contribution in [0.5, 0.6) is 0 Å². The smallest absolute Gasteiger partial charge is 0.310 e. The van der Waals surface area contributed by atoms with Crippen molar-refractivity contribution in [1.82, 2.24) is 0 Å². The molecule has 0 bridgehead atoms. The third-order valence-electron chi connectivity index (χ3n) is 4.10. The fourth-order valence-corrected chi connectivity index (χ4v) is 3.36. The van der Waals surface area contributed by atoms with Gasteiger partial charge in [-0.1, -0.05) is 40.9 Å². The molecule has 2 rings (SSSR count). The molecular formula is C14H18BrNO2. The molecule has 98 valence electrons. The summed E-state index contributed by atoms with van der Waals surface area (Å²) in [6.07, 6.45) is 3.44. The van der Waals surface area contributed by atoms with E-state index in [-0.39, 0.29) is 5.92 Å². The molecule has 1 saturated carbocycles. The Morgan fingerprint density at radius 1 is 1.33 bits per heavy atom. The van der Waals surface area contributed by atoms with Gasteiger partial charge in [-0.2, -0.15) is 0 Å². The molecule has 3 nitrogen and oxygen atoms in total. The number of halogens is 1. The first-order chi connectivity index (χ1) is 8.60. The van der Waals surface area contributed by atoms with E-state index in [1.165, 1.54) is 0 Å². The fraction of sp³-hybridized carbons (Fsp3) is 0.500. The quantitative estimate of drug-likeness (QED) is 0.898. The molecule has 1 aromatic rings. The summed E-state index contributed by atoms with van der Waals surface area (Å²) < 4.78 is 0.998. The number of hydrogen-bond donors (Lipinski definition) is 2. The van der Waals surface area contributed by atoms with Crippen molar-refractivity contribution >= 4 is 21.9 Å². The molecule has 0 aromatic heterocycles. The molecule has 0 aliphatic heterocycles. The average molecular weight is 312 g/mol. The normalized spacial score (nSPS) is 19.7. The van der Waals surface area contributed by atoms with E-state index >= 15 is 0 Å². The minimum Gasteiger partial charge on any atom is -0.481 e. The first-order valence-electron chi connectivity index (χ1n) is 6.29. The number of benzene rings is 1. The highest BCUT2D eigenvalue weighted by molar-refractivity contribution is 9.10. The zero-order valence-electron chi connectivity index (χ0n) is 10.2. The lowest BCUT2D eigenvalue weighted by Gasteiger charge is -2.33. The molecule has 1 aromatic carbocycles. The molecule has 0 saturated heterocycles. The molecule has 0 spiro atoms. The summed E-state index contributed by atoms with van der Waals surface area (Å²) in [5.41, 5.74) is 6.24. The van der Waals surface area contributed by atoms with Crippen LogP contribution in [0.1, 0.15) is 37.2 Å². The lowest BCUT2D eigenvalue weighted by atomic mass is 9.70. The summed E-state index contributed by atoms with van der Waals surface area (Å²) in [6.45, 7) is 0.383. The van der Waals surface area contributed by atoms with Crippen molar-refractivity contribution in [3.05, 3.63) is 34.3 Å². The minimum atomic E-state index is -0.696. The summed E-state index contributed by atoms with van der Waals surface area (Å²) >= 11 is 3.39. The van der Waals surface area contributed by atoms with E-state index in [0.717, 1.165) is 35.7 Å². The molecule has 1 aliphatic carbocycles. The summed E-state index contributed by atoms with van der Waals surface area (Å²) in [4.78, 5) is 11.7. The monoisotopic (exact) mass is 311 g/mol. The molecule has 1 atom stereocenters. The van der Waals surface area contributed by atoms with E-state index in [1.807, 2.05) is 24.3 Å². The van der Waals surface area contributed by atoms with E-state index < -0.39 is 11.4 Å². The molecule has 0 unspecified atom stereocenters. The molecule has 0 radical (unpaired) electrons. The van der Waals surface area contributed by atoms with Crippen LogP contribution in [-0.2, 0) is 4.79 Å². The van der Waals surface area contributed by atoms with Crippen LogP contribution < -0.4 is 5.73 Å². The summed E-state index contributed by atoms with van der Waals surface area (Å²) in [7, 11) is 0. The fourth-order valence-electron chi connectivity index (χ4n) is 3.09. The predicted molar refractivity (Wildman–Crippen MR) is 74.5 cm³/mol. The van der Waals surface area contributed by atoms with Gasteiger partial charge in [0, 0.05) is 16.9 Å². The Morgan fingerprint density at radius 2 is 1.89 bits per heavy atom. The highest BCUT2D eigenvalue weighted by Crippen LogP contribution is 2.48. The van der Waals surface area contributed by atoms with Crippen LogP contribution in [0.3, 0.4) is 0 Å². The van der Waals surface area contributed by atoms with E-state index in [1.54, 1.807) is 0 Å². The highest BCUT2D eigenvalue weighted by atomic mass is 79.9. The van der Waals surface area contributed by atoms with Crippen molar-refractivity contribution in [3.63, 3.8) is 0 Å². The Hall–Kier alpha value is -0.870. The molecule has 18 heavy (non-hydrogen) atoms. The van der Waals surface area contributed by atoms with Crippen LogP contribution >= 0.6 is 15.9 Å². The van der Waals surface area contributed by atoms with Gasteiger partial charge >= 0.3 is 5.97 Å². The Morgan fingerprint density at radius 3 is 2.33 bits per heavy atom. The van der Waals surface area contributed by atoms with Gasteiger partial charge in [-0.3, -0.25) is 4.79 Å². The second-order valence-electron chi connectivity index (χ2n) is 5.01. The van der Waals surface area contributed by atoms with Gasteiger partial charge in [0.25, 0.3) is 0 Å². The third-order valence-corrected chi connectivity index (χ3v) is 4.63. The third kappa shape index (κ3) is 2.31. The lowest BCUT2D eigenvalue weighted by Crippen LogP contribution is -2.38. The van der Waals surface area contributed by atoms with Gasteiger partial charge in [0.05, 0.1) is 5.41 Å². The second-order valence-corrected chi connectivity index (χ2v) is 5.92. The maximum absolute atomic E-state index is 11.7. The molecule has 4 heteroatoms. The summed E-state index contributed by atoms with van der Waals surface area (Å²) in [6, 6.07) is 7.85. The maximum atomic E-state index is 11.7. The van der Waals surface area contributed by atoms with Crippen LogP contribution in [0.15, 0.2) is 28.7 Å². The molecule has 1 aliphatic rings. The number of nitrogens with two attached hydrogens (primary N) is 1. The van der Waals surface area contributed by atoms with Crippen molar-refractivity contribution < 1.29 is 9.90 Å². The standard InChI is InChI=1S/C14H18BrNO2/c15-11-5-3-10(4-6-11)12(9-16)14(13(17)18)7-1-2-8-14/h3-6,12H,1-2,7-9,16H2,(H,17,18)/t12-/m1/s1. The Labute approximate surface area is 116 Å². The Kier molecular flexibility index (Phi) is 4.07. The number of carbonyl (C=O) groups is 1. The lowest BCUT2D eigenvalue weighted by molar-refractivity contribution is -0.150. The van der Waals surface area contributed by atoms with Crippen molar-refractivity contribution in [3.8, 4) is 0 Å². The first-order valence-corrected chi connectivity index (χ1v) is 7.08. The van der Waals surface area contributed by atoms with Gasteiger partial charge in [0.15, 0.2) is 0 Å². The second kappa shape index (κ2) is 5.41. The zero-order valence-corrected chi connectivity index (χ0v) is 11.8. The van der Waals surface area contributed by atoms with Crippen molar-refractivity contribution in [2.45, 2.75) is 31.6 Å². The van der Waals surface area contributed by atoms with Crippen LogP contribution in [0.25, 0.3) is 0 Å². The van der Waals surface area contributed by atoms with Crippen LogP contribution in [0, 0.1) is 5.41 Å². The summed E-state index contributed by atoms with van der Waals surface area (Å²) in [5, 5.41) is 9.62. The van der Waals surface area contributed by atoms with Crippen LogP contribution in [-0.4, -0.2) is 17.6 Å². The first kappa shape index (κ1) is 13.6. The molecule has 3 N–H and O–H groups in total. The van der Waals surface area contributed by atoms with Crippen LogP contribution in [0.2, 0.25) is 0 Å². The van der Waals surface area contributed by atoms with E-state index in [4.69, 9.17) is 5.73 Å². The highest BCUT2D eigenvalue weighted by Gasteiger charge is 2.47. The summed E-state index contributed by atoms with van der Waals surface area (Å²) in [5.74, 6) is -0.788. The van der Waals surface area contributed by atoms with Gasteiger partial charge in [-0.05, 0) is 30.5 Å². The van der Waals surface area contributed by atoms with Gasteiger partial charge in [0.2, 0.25) is 0 Å². The Bertz CT molecular complexity index is 424. The topological polar surface area (TPSA) is 63.3 Å². The molecular weight excluding hydrogens is 294 g/mol. The van der Waals surface area contributed by atoms with Gasteiger partial charge < -0.3 is 10.8 Å². The molecule has 1 fully saturated rings. The van der Waals surface area contributed by atoms with Crippen molar-refractivity contribution in [1.29, 1.82) is 0 Å². The average Bonchev–Trinajstić information content (AvgIpc) is 2.83. The molecule has 0 amide bonds. The van der Waals surface area contributed by atoms with Gasteiger partial charge in [0.1, 0.15) is 0 Å². The number of carboxylic acid groups (broad SMARTS) is 1. The van der Waals surface area contributed by atoms with E-state index in [2.05, 4.69) is 15.9 Å². The number of rotatable bonds is 4. The van der Waals surface area contributed by atoms with Gasteiger partial charge in [-0.15, -0.1) is 0 Å². The zero-order chi connectivity index (χ0) is 13.2. The van der Waals surface area contributed by atoms with Crippen LogP contribution in [0.4, 0.5) is 0 Å². The molecule has 0 heterocycles. The van der Waals surface area contributed by atoms with Gasteiger partial charge in [-0.25, -0.2) is 0 Å². The number of hydrogen-bond acceptors (Lipinski definition) is 2. The van der Waals surface area contributed by atoms with E-state index in [0.29, 0.717) is 6.54 Å². The van der Waals surface area contributed by atoms with Crippen molar-refractivity contribution in [2.24, 2.45) is 11.1 Å². The van der Waals surface area contributed by atoms with Crippen molar-refractivity contribution in [2.75, 3.05) is 6.54 Å². The number of aliphatic carboxylic acids is 1. The predicted octanol–water partition coefficient (Wildman–Crippen LogP) is 3.14. The van der Waals surface area contributed by atoms with E-state index in [9.17, 15) is 9.90 Å². The Balaban J connectivity index is 2.37. The number of carboxylic acids is 1. The maximum Gasteiger partial charge on any atom is 0.310 e. The largest absolute Gasteiger partial charge is 0.481 e. The SMILES string of the molecule is NC[C@H](c1ccc(Br)cc1)C1(C(=O)O)CCCC1. The minimum absolute atomic E-state index is 0.0920.